The number of carbonyl (C=O) groups is 1. The fraction of sp³-hybridized carbons (Fsp3) is 0.600. The van der Waals surface area contributed by atoms with Crippen LogP contribution in [0.1, 0.15) is 50.2 Å². The number of carbonyl (C=O) groups excluding carboxylic acids is 1. The van der Waals surface area contributed by atoms with Gasteiger partial charge in [0, 0.05) is 12.2 Å². The van der Waals surface area contributed by atoms with Crippen LogP contribution < -0.4 is 5.32 Å². The summed E-state index contributed by atoms with van der Waals surface area (Å²) in [5.74, 6) is -0.441. The molecule has 0 fully saturated rings. The Kier molecular flexibility index (Phi) is 5.81. The summed E-state index contributed by atoms with van der Waals surface area (Å²) in [4.78, 5) is 16.1. The molecule has 1 heterocycles. The molecule has 0 aliphatic rings. The number of rotatable bonds is 5. The van der Waals surface area contributed by atoms with Gasteiger partial charge in [0.1, 0.15) is 10.7 Å². The van der Waals surface area contributed by atoms with Crippen molar-refractivity contribution < 1.29 is 9.53 Å². The van der Waals surface area contributed by atoms with E-state index in [0.29, 0.717) is 17.9 Å². The molecule has 112 valence electrons. The lowest BCUT2D eigenvalue weighted by atomic mass is 9.92. The minimum absolute atomic E-state index is 0.182. The van der Waals surface area contributed by atoms with E-state index in [-0.39, 0.29) is 10.6 Å². The van der Waals surface area contributed by atoms with Crippen molar-refractivity contribution in [3.8, 4) is 0 Å². The molecule has 0 spiro atoms. The lowest BCUT2D eigenvalue weighted by Gasteiger charge is -2.19. The normalized spacial score (nSPS) is 11.3. The molecule has 0 aliphatic heterocycles. The van der Waals surface area contributed by atoms with Crippen molar-refractivity contribution in [2.75, 3.05) is 18.5 Å². The molecule has 0 amide bonds. The Balaban J connectivity index is 2.95. The van der Waals surface area contributed by atoms with Gasteiger partial charge < -0.3 is 10.1 Å². The van der Waals surface area contributed by atoms with Gasteiger partial charge in [0.25, 0.3) is 0 Å². The summed E-state index contributed by atoms with van der Waals surface area (Å²) in [5.41, 5.74) is 1.99. The lowest BCUT2D eigenvalue weighted by molar-refractivity contribution is 0.0527. The first-order valence-electron chi connectivity index (χ1n) is 6.82. The topological polar surface area (TPSA) is 51.2 Å². The summed E-state index contributed by atoms with van der Waals surface area (Å²) in [5, 5.41) is 3.45. The molecule has 0 aromatic carbocycles. The molecular weight excluding hydrogens is 276 g/mol. The molecule has 0 saturated heterocycles. The monoisotopic (exact) mass is 298 g/mol. The quantitative estimate of drug-likeness (QED) is 0.657. The van der Waals surface area contributed by atoms with E-state index in [0.717, 1.165) is 18.7 Å². The summed E-state index contributed by atoms with van der Waals surface area (Å²) in [6.07, 6.45) is 0.980. The number of pyridine rings is 1. The Bertz CT molecular complexity index is 481. The van der Waals surface area contributed by atoms with E-state index < -0.39 is 5.97 Å². The van der Waals surface area contributed by atoms with Crippen LogP contribution in [-0.4, -0.2) is 24.1 Å². The van der Waals surface area contributed by atoms with Crippen molar-refractivity contribution in [1.29, 1.82) is 0 Å². The van der Waals surface area contributed by atoms with Crippen LogP contribution in [0.3, 0.4) is 0 Å². The van der Waals surface area contributed by atoms with Gasteiger partial charge in [0.05, 0.1) is 12.3 Å². The fourth-order valence-electron chi connectivity index (χ4n) is 1.74. The van der Waals surface area contributed by atoms with Crippen LogP contribution in [0.5, 0.6) is 0 Å². The number of nitrogens with one attached hydrogen (secondary N) is 1. The number of nitrogens with zero attached hydrogens (tertiary/aromatic N) is 1. The number of anilines is 1. The number of ether oxygens (including phenoxy) is 1. The van der Waals surface area contributed by atoms with Crippen LogP contribution in [0.25, 0.3) is 0 Å². The van der Waals surface area contributed by atoms with Gasteiger partial charge in [0.15, 0.2) is 0 Å². The van der Waals surface area contributed by atoms with E-state index >= 15 is 0 Å². The minimum Gasteiger partial charge on any atom is -0.462 e. The Morgan fingerprint density at radius 2 is 2.10 bits per heavy atom. The third-order valence-electron chi connectivity index (χ3n) is 2.77. The molecule has 0 aliphatic carbocycles. The number of aryl methyl sites for hydroxylation is 1. The fourth-order valence-corrected chi connectivity index (χ4v) is 2.06. The highest BCUT2D eigenvalue weighted by atomic mass is 35.5. The molecule has 0 unspecified atom stereocenters. The molecule has 0 saturated carbocycles. The van der Waals surface area contributed by atoms with Gasteiger partial charge in [-0.2, -0.15) is 0 Å². The van der Waals surface area contributed by atoms with Crippen LogP contribution in [0, 0.1) is 12.3 Å². The van der Waals surface area contributed by atoms with Gasteiger partial charge in [-0.15, -0.1) is 0 Å². The van der Waals surface area contributed by atoms with Gasteiger partial charge in [-0.05, 0) is 31.7 Å². The maximum Gasteiger partial charge on any atom is 0.343 e. The van der Waals surface area contributed by atoms with E-state index in [4.69, 9.17) is 16.3 Å². The first-order valence-corrected chi connectivity index (χ1v) is 7.20. The van der Waals surface area contributed by atoms with Gasteiger partial charge >= 0.3 is 5.97 Å². The Labute approximate surface area is 125 Å². The zero-order valence-electron chi connectivity index (χ0n) is 12.8. The van der Waals surface area contributed by atoms with Crippen molar-refractivity contribution in [3.05, 3.63) is 22.5 Å². The largest absolute Gasteiger partial charge is 0.462 e. The number of esters is 1. The molecule has 20 heavy (non-hydrogen) atoms. The van der Waals surface area contributed by atoms with Gasteiger partial charge in [-0.3, -0.25) is 0 Å². The molecule has 4 nitrogen and oxygen atoms in total. The molecule has 0 bridgehead atoms. The smallest absolute Gasteiger partial charge is 0.343 e. The van der Waals surface area contributed by atoms with Crippen molar-refractivity contribution in [1.82, 2.24) is 4.98 Å². The van der Waals surface area contributed by atoms with E-state index in [1.54, 1.807) is 6.92 Å². The number of hydrogen-bond donors (Lipinski definition) is 1. The van der Waals surface area contributed by atoms with Crippen molar-refractivity contribution in [2.24, 2.45) is 5.41 Å². The van der Waals surface area contributed by atoms with E-state index in [1.165, 1.54) is 0 Å². The predicted octanol–water partition coefficient (Wildman–Crippen LogP) is 4.07. The second kappa shape index (κ2) is 6.93. The number of halogens is 1. The zero-order chi connectivity index (χ0) is 15.3. The summed E-state index contributed by atoms with van der Waals surface area (Å²) in [6.45, 7) is 11.2. The number of aromatic nitrogens is 1. The molecule has 1 aromatic heterocycles. The summed E-state index contributed by atoms with van der Waals surface area (Å²) < 4.78 is 5.03. The Morgan fingerprint density at radius 1 is 1.45 bits per heavy atom. The molecule has 1 rings (SSSR count). The zero-order valence-corrected chi connectivity index (χ0v) is 13.6. The van der Waals surface area contributed by atoms with Gasteiger partial charge in [-0.1, -0.05) is 32.4 Å². The maximum absolute atomic E-state index is 12.0. The third kappa shape index (κ3) is 5.00. The van der Waals surface area contributed by atoms with Crippen LogP contribution in [-0.2, 0) is 4.74 Å². The SMILES string of the molecule is CCOC(=O)c1c(NCCC(C)(C)C)cc(C)nc1Cl. The van der Waals surface area contributed by atoms with Crippen molar-refractivity contribution in [2.45, 2.75) is 41.0 Å². The Hall–Kier alpha value is -1.29. The second-order valence-corrected chi connectivity index (χ2v) is 6.29. The third-order valence-corrected chi connectivity index (χ3v) is 3.05. The minimum atomic E-state index is -0.441. The van der Waals surface area contributed by atoms with Crippen LogP contribution in [0.15, 0.2) is 6.07 Å². The highest BCUT2D eigenvalue weighted by Crippen LogP contribution is 2.26. The second-order valence-electron chi connectivity index (χ2n) is 5.93. The highest BCUT2D eigenvalue weighted by molar-refractivity contribution is 6.33. The van der Waals surface area contributed by atoms with Crippen molar-refractivity contribution >= 4 is 23.3 Å². The molecular formula is C15H23ClN2O2. The van der Waals surface area contributed by atoms with E-state index in [9.17, 15) is 4.79 Å². The van der Waals surface area contributed by atoms with Crippen LogP contribution >= 0.6 is 11.6 Å². The van der Waals surface area contributed by atoms with E-state index in [2.05, 4.69) is 31.1 Å². The molecule has 0 atom stereocenters. The standard InChI is InChI=1S/C15H23ClN2O2/c1-6-20-14(19)12-11(9-10(2)18-13(12)16)17-8-7-15(3,4)5/h9H,6-8H2,1-5H3,(H,17,18). The van der Waals surface area contributed by atoms with Crippen LogP contribution in [0.2, 0.25) is 5.15 Å². The molecule has 0 radical (unpaired) electrons. The summed E-state index contributed by atoms with van der Waals surface area (Å²) >= 11 is 6.08. The summed E-state index contributed by atoms with van der Waals surface area (Å²) in [7, 11) is 0. The van der Waals surface area contributed by atoms with Gasteiger partial charge in [0.2, 0.25) is 0 Å². The van der Waals surface area contributed by atoms with Gasteiger partial charge in [-0.25, -0.2) is 9.78 Å². The maximum atomic E-state index is 12.0. The predicted molar refractivity (Wildman–Crippen MR) is 82.5 cm³/mol. The average Bonchev–Trinajstić information content (AvgIpc) is 2.26. The first kappa shape index (κ1) is 16.8. The molecule has 5 heteroatoms. The summed E-state index contributed by atoms with van der Waals surface area (Å²) in [6, 6.07) is 1.82. The lowest BCUT2D eigenvalue weighted by Crippen LogP contribution is -2.16. The molecule has 1 N–H and O–H groups in total. The average molecular weight is 299 g/mol. The Morgan fingerprint density at radius 3 is 2.65 bits per heavy atom. The highest BCUT2D eigenvalue weighted by Gasteiger charge is 2.19. The van der Waals surface area contributed by atoms with E-state index in [1.807, 2.05) is 13.0 Å². The first-order chi connectivity index (χ1) is 9.24. The van der Waals surface area contributed by atoms with Crippen molar-refractivity contribution in [3.63, 3.8) is 0 Å². The molecule has 1 aromatic rings. The number of hydrogen-bond acceptors (Lipinski definition) is 4. The van der Waals surface area contributed by atoms with Crippen LogP contribution in [0.4, 0.5) is 5.69 Å².